The highest BCUT2D eigenvalue weighted by atomic mass is 35.5. The molecule has 168 valence electrons. The van der Waals surface area contributed by atoms with E-state index in [1.165, 1.54) is 25.1 Å². The van der Waals surface area contributed by atoms with Gasteiger partial charge in [0.25, 0.3) is 5.91 Å². The Balaban J connectivity index is 2.14. The fourth-order valence-corrected chi connectivity index (χ4v) is 3.16. The quantitative estimate of drug-likeness (QED) is 0.529. The average Bonchev–Trinajstić information content (AvgIpc) is 2.65. The Kier molecular flexibility index (Phi) is 5.69. The van der Waals surface area contributed by atoms with E-state index in [9.17, 15) is 34.3 Å². The van der Waals surface area contributed by atoms with Gasteiger partial charge in [0.05, 0.1) is 11.1 Å². The van der Waals surface area contributed by atoms with Crippen LogP contribution in [0.4, 0.5) is 19.4 Å². The van der Waals surface area contributed by atoms with Gasteiger partial charge in [-0.3, -0.25) is 9.59 Å². The zero-order chi connectivity index (χ0) is 23.7. The van der Waals surface area contributed by atoms with Gasteiger partial charge >= 0.3 is 10.2 Å². The Morgan fingerprint density at radius 2 is 1.68 bits per heavy atom. The first-order valence-electron chi connectivity index (χ1n) is 8.24. The summed E-state index contributed by atoms with van der Waals surface area (Å²) in [6.45, 7) is 0.827. The number of hydrogen-bond acceptors (Lipinski definition) is 4. The molecule has 0 radical (unpaired) electrons. The second kappa shape index (κ2) is 7.28. The number of primary amides is 1. The van der Waals surface area contributed by atoms with E-state index >= 15 is 0 Å². The molecule has 0 saturated carbocycles. The van der Waals surface area contributed by atoms with Gasteiger partial charge in [-0.2, -0.15) is 5.26 Å². The number of nitrogens with two attached hydrogens (primary N) is 1. The van der Waals surface area contributed by atoms with E-state index in [1.54, 1.807) is 6.07 Å². The molecule has 2 aromatic carbocycles. The minimum absolute atomic E-state index is 0.00880. The molecule has 1 atom stereocenters. The van der Waals surface area contributed by atoms with Crippen molar-refractivity contribution < 1.29 is 33.8 Å². The minimum Gasteiger partial charge on any atom is -0.488 e. The first-order chi connectivity index (χ1) is 13.9. The van der Waals surface area contributed by atoms with Gasteiger partial charge in [-0.1, -0.05) is 31.0 Å². The molecular weight excluding hydrogens is 469 g/mol. The fourth-order valence-electron chi connectivity index (χ4n) is 2.28. The molecule has 2 rings (SSSR count). The molecule has 0 aromatic heterocycles. The number of amides is 2. The van der Waals surface area contributed by atoms with Crippen LogP contribution in [0.5, 0.6) is 5.75 Å². The molecule has 0 fully saturated rings. The van der Waals surface area contributed by atoms with Crippen molar-refractivity contribution in [1.82, 2.24) is 5.32 Å². The van der Waals surface area contributed by atoms with Gasteiger partial charge in [0, 0.05) is 11.1 Å². The summed E-state index contributed by atoms with van der Waals surface area (Å²) in [5.41, 5.74) is 3.19. The minimum atomic E-state index is -9.87. The van der Waals surface area contributed by atoms with Crippen LogP contribution in [0.25, 0.3) is 0 Å². The SMILES string of the molecule is CC(C#N)(COc1ccc(C(N)=O)cc1Cl)NC(=O)c1ccc(S(F)(F)(F)(F)F)cc1. The molecular formula is C18H15ClF5N3O3S. The molecule has 1 unspecified atom stereocenters. The topological polar surface area (TPSA) is 105 Å². The maximum atomic E-state index is 12.8. The van der Waals surface area contributed by atoms with Crippen molar-refractivity contribution in [1.29, 1.82) is 5.26 Å². The van der Waals surface area contributed by atoms with Crippen LogP contribution in [0.15, 0.2) is 47.4 Å². The van der Waals surface area contributed by atoms with E-state index in [0.717, 1.165) is 0 Å². The Morgan fingerprint density at radius 1 is 1.13 bits per heavy atom. The Labute approximate surface area is 178 Å². The zero-order valence-electron chi connectivity index (χ0n) is 15.7. The zero-order valence-corrected chi connectivity index (χ0v) is 17.2. The molecule has 0 spiro atoms. The summed E-state index contributed by atoms with van der Waals surface area (Å²) in [5, 5.41) is 11.6. The monoisotopic (exact) mass is 483 g/mol. The van der Waals surface area contributed by atoms with Crippen molar-refractivity contribution in [3.05, 3.63) is 58.6 Å². The van der Waals surface area contributed by atoms with E-state index in [2.05, 4.69) is 5.32 Å². The summed E-state index contributed by atoms with van der Waals surface area (Å²) in [6, 6.07) is 6.99. The third kappa shape index (κ3) is 6.22. The van der Waals surface area contributed by atoms with Crippen molar-refractivity contribution in [2.75, 3.05) is 6.61 Å². The number of rotatable bonds is 7. The predicted octanol–water partition coefficient (Wildman–Crippen LogP) is 5.19. The third-order valence-corrected chi connectivity index (χ3v) is 5.39. The number of carbonyl (C=O) groups excluding carboxylic acids is 2. The van der Waals surface area contributed by atoms with Crippen molar-refractivity contribution in [3.63, 3.8) is 0 Å². The first-order valence-corrected chi connectivity index (χ1v) is 10.6. The van der Waals surface area contributed by atoms with Crippen molar-refractivity contribution in [2.24, 2.45) is 5.73 Å². The number of nitriles is 1. The van der Waals surface area contributed by atoms with Crippen molar-refractivity contribution >= 4 is 33.6 Å². The Hall–Kier alpha value is -3.04. The van der Waals surface area contributed by atoms with Crippen LogP contribution in [-0.2, 0) is 0 Å². The van der Waals surface area contributed by atoms with Crippen molar-refractivity contribution in [2.45, 2.75) is 17.4 Å². The molecule has 2 amide bonds. The summed E-state index contributed by atoms with van der Waals surface area (Å²) >= 11 is 5.97. The highest BCUT2D eigenvalue weighted by Gasteiger charge is 2.65. The Bertz CT molecular complexity index is 1090. The average molecular weight is 484 g/mol. The number of carbonyl (C=O) groups is 2. The third-order valence-electron chi connectivity index (χ3n) is 3.93. The Morgan fingerprint density at radius 3 is 2.13 bits per heavy atom. The van der Waals surface area contributed by atoms with E-state index in [1.807, 2.05) is 0 Å². The molecule has 0 bridgehead atoms. The van der Waals surface area contributed by atoms with Crippen LogP contribution in [0.2, 0.25) is 5.02 Å². The lowest BCUT2D eigenvalue weighted by Crippen LogP contribution is -2.49. The smallest absolute Gasteiger partial charge is 0.310 e. The maximum absolute atomic E-state index is 12.8. The summed E-state index contributed by atoms with van der Waals surface area (Å²) < 4.78 is 69.3. The van der Waals surface area contributed by atoms with Crippen LogP contribution in [0.3, 0.4) is 0 Å². The highest BCUT2D eigenvalue weighted by molar-refractivity contribution is 8.45. The second-order valence-corrected chi connectivity index (χ2v) is 9.51. The number of ether oxygens (including phenoxy) is 1. The van der Waals surface area contributed by atoms with Crippen LogP contribution in [0.1, 0.15) is 27.6 Å². The highest BCUT2D eigenvalue weighted by Crippen LogP contribution is 3.02. The van der Waals surface area contributed by atoms with E-state index < -0.39 is 39.1 Å². The first kappa shape index (κ1) is 24.2. The number of hydrogen-bond donors (Lipinski definition) is 2. The number of benzene rings is 2. The van der Waals surface area contributed by atoms with E-state index in [4.69, 9.17) is 22.1 Å². The lowest BCUT2D eigenvalue weighted by Gasteiger charge is -2.40. The van der Waals surface area contributed by atoms with Gasteiger partial charge < -0.3 is 15.8 Å². The van der Waals surface area contributed by atoms with Crippen LogP contribution < -0.4 is 15.8 Å². The van der Waals surface area contributed by atoms with Gasteiger partial charge in [-0.25, -0.2) is 0 Å². The van der Waals surface area contributed by atoms with Crippen LogP contribution in [-0.4, -0.2) is 24.0 Å². The van der Waals surface area contributed by atoms with Gasteiger partial charge in [-0.05, 0) is 49.4 Å². The fraction of sp³-hybridized carbons (Fsp3) is 0.167. The van der Waals surface area contributed by atoms with Gasteiger partial charge in [0.2, 0.25) is 5.91 Å². The molecule has 31 heavy (non-hydrogen) atoms. The van der Waals surface area contributed by atoms with E-state index in [0.29, 0.717) is 12.1 Å². The van der Waals surface area contributed by atoms with Crippen LogP contribution in [0, 0.1) is 11.3 Å². The van der Waals surface area contributed by atoms with E-state index in [-0.39, 0.29) is 34.0 Å². The molecule has 13 heteroatoms. The molecule has 2 aromatic rings. The molecule has 0 heterocycles. The van der Waals surface area contributed by atoms with Gasteiger partial charge in [0.1, 0.15) is 17.3 Å². The molecule has 0 saturated heterocycles. The summed E-state index contributed by atoms with van der Waals surface area (Å²) in [6.07, 6.45) is 0. The predicted molar refractivity (Wildman–Crippen MR) is 105 cm³/mol. The maximum Gasteiger partial charge on any atom is 0.310 e. The number of nitrogens with zero attached hydrogens (tertiary/aromatic N) is 1. The van der Waals surface area contributed by atoms with Gasteiger partial charge in [-0.15, -0.1) is 0 Å². The summed E-state index contributed by atoms with van der Waals surface area (Å²) in [5.74, 6) is -1.64. The largest absolute Gasteiger partial charge is 0.488 e. The summed E-state index contributed by atoms with van der Waals surface area (Å²) in [7, 11) is -9.87. The molecule has 6 nitrogen and oxygen atoms in total. The molecule has 3 N–H and O–H groups in total. The van der Waals surface area contributed by atoms with Crippen molar-refractivity contribution in [3.8, 4) is 11.8 Å². The normalized spacial score (nSPS) is 15.5. The lowest BCUT2D eigenvalue weighted by atomic mass is 10.1. The lowest BCUT2D eigenvalue weighted by molar-refractivity contribution is 0.0900. The number of nitrogens with one attached hydrogen (secondary N) is 1. The standard InChI is InChI=1S/C18H15ClF5N3O3S/c1-18(9-25,10-30-15-7-4-12(16(26)28)8-14(15)19)27-17(29)11-2-5-13(6-3-11)31(20,21,22,23)24/h2-8H,10H2,1H3,(H2,26,28)(H,27,29). The molecule has 0 aliphatic rings. The number of halogens is 6. The van der Waals surface area contributed by atoms with Crippen LogP contribution >= 0.6 is 21.8 Å². The van der Waals surface area contributed by atoms with Gasteiger partial charge in [0.15, 0.2) is 5.54 Å². The molecule has 0 aliphatic carbocycles. The second-order valence-electron chi connectivity index (χ2n) is 6.69. The summed E-state index contributed by atoms with van der Waals surface area (Å²) in [4.78, 5) is 21.3. The molecule has 0 aliphatic heterocycles.